The summed E-state index contributed by atoms with van der Waals surface area (Å²) in [5.74, 6) is -1.48. The fraction of sp³-hybridized carbons (Fsp3) is 0.400. The van der Waals surface area contributed by atoms with Crippen molar-refractivity contribution in [3.63, 3.8) is 0 Å². The summed E-state index contributed by atoms with van der Waals surface area (Å²) < 4.78 is 0. The number of amides is 1. The number of hydrogen-bond acceptors (Lipinski definition) is 4. The van der Waals surface area contributed by atoms with Crippen LogP contribution in [0.3, 0.4) is 0 Å². The van der Waals surface area contributed by atoms with Crippen molar-refractivity contribution in [2.24, 2.45) is 0 Å². The highest BCUT2D eigenvalue weighted by molar-refractivity contribution is 6.01. The number of aryl methyl sites for hydroxylation is 1. The lowest BCUT2D eigenvalue weighted by atomic mass is 10.0. The summed E-state index contributed by atoms with van der Waals surface area (Å²) in [7, 11) is 0. The van der Waals surface area contributed by atoms with Gasteiger partial charge in [0, 0.05) is 25.6 Å². The number of hydrogen-bond donors (Lipinski definition) is 3. The van der Waals surface area contributed by atoms with Gasteiger partial charge >= 0.3 is 5.97 Å². The monoisotopic (exact) mass is 292 g/mol. The van der Waals surface area contributed by atoms with Crippen LogP contribution in [-0.2, 0) is 9.59 Å². The molecule has 0 saturated carbocycles. The fourth-order valence-electron chi connectivity index (χ4n) is 1.84. The first-order chi connectivity index (χ1) is 9.90. The van der Waals surface area contributed by atoms with Gasteiger partial charge in [-0.15, -0.1) is 0 Å². The molecule has 0 radical (unpaired) electrons. The Labute approximate surface area is 123 Å². The topological polar surface area (TPSA) is 95.5 Å². The molecule has 0 bridgehead atoms. The van der Waals surface area contributed by atoms with E-state index in [9.17, 15) is 14.4 Å². The number of carboxylic acid groups (broad SMARTS) is 1. The quantitative estimate of drug-likeness (QED) is 0.485. The highest BCUT2D eigenvalue weighted by atomic mass is 16.4. The Morgan fingerprint density at radius 3 is 2.29 bits per heavy atom. The maximum Gasteiger partial charge on any atom is 0.305 e. The van der Waals surface area contributed by atoms with Gasteiger partial charge in [-0.25, -0.2) is 0 Å². The van der Waals surface area contributed by atoms with Crippen LogP contribution in [0, 0.1) is 6.92 Å². The number of rotatable bonds is 8. The zero-order chi connectivity index (χ0) is 15.8. The molecule has 1 atom stereocenters. The molecule has 6 heteroatoms. The molecule has 0 aromatic heterocycles. The van der Waals surface area contributed by atoms with Gasteiger partial charge in [0.1, 0.15) is 0 Å². The first kappa shape index (κ1) is 16.8. The minimum atomic E-state index is -1.05. The van der Waals surface area contributed by atoms with Crippen molar-refractivity contribution in [1.82, 2.24) is 10.6 Å². The molecule has 114 valence electrons. The molecule has 1 amide bonds. The molecule has 1 unspecified atom stereocenters. The Bertz CT molecular complexity index is 511. The lowest BCUT2D eigenvalue weighted by Crippen LogP contribution is -2.42. The van der Waals surface area contributed by atoms with E-state index in [0.717, 1.165) is 5.56 Å². The van der Waals surface area contributed by atoms with Crippen molar-refractivity contribution < 1.29 is 19.5 Å². The van der Waals surface area contributed by atoms with E-state index >= 15 is 0 Å². The Morgan fingerprint density at radius 2 is 1.76 bits per heavy atom. The van der Waals surface area contributed by atoms with Crippen LogP contribution < -0.4 is 10.6 Å². The number of nitrogens with one attached hydrogen (secondary N) is 2. The van der Waals surface area contributed by atoms with Gasteiger partial charge in [-0.2, -0.15) is 0 Å². The highest BCUT2D eigenvalue weighted by Gasteiger charge is 2.22. The molecule has 21 heavy (non-hydrogen) atoms. The van der Waals surface area contributed by atoms with Crippen LogP contribution in [0.2, 0.25) is 0 Å². The number of benzene rings is 1. The molecule has 3 N–H and O–H groups in total. The van der Waals surface area contributed by atoms with Crippen molar-refractivity contribution in [2.75, 3.05) is 13.1 Å². The summed E-state index contributed by atoms with van der Waals surface area (Å²) >= 11 is 0. The average molecular weight is 292 g/mol. The molecule has 1 aromatic carbocycles. The van der Waals surface area contributed by atoms with Crippen LogP contribution in [0.15, 0.2) is 24.3 Å². The highest BCUT2D eigenvalue weighted by Crippen LogP contribution is 2.08. The van der Waals surface area contributed by atoms with E-state index in [1.807, 2.05) is 19.1 Å². The first-order valence-corrected chi connectivity index (χ1v) is 6.70. The lowest BCUT2D eigenvalue weighted by molar-refractivity contribution is -0.137. The number of carbonyl (C=O) groups is 3. The second-order valence-electron chi connectivity index (χ2n) is 4.82. The molecule has 6 nitrogen and oxygen atoms in total. The molecule has 0 heterocycles. The molecule has 0 fully saturated rings. The second-order valence-corrected chi connectivity index (χ2v) is 4.82. The van der Waals surface area contributed by atoms with Gasteiger partial charge in [-0.05, 0) is 6.92 Å². The molecule has 0 aliphatic heterocycles. The SMILES string of the molecule is CC(=O)NCCNC(CC(=O)O)C(=O)c1ccc(C)cc1. The third-order valence-corrected chi connectivity index (χ3v) is 2.92. The largest absolute Gasteiger partial charge is 0.481 e. The molecular weight excluding hydrogens is 272 g/mol. The van der Waals surface area contributed by atoms with Crippen LogP contribution in [0.25, 0.3) is 0 Å². The number of Topliss-reactive ketones (excluding diaryl/α,β-unsaturated/α-hetero) is 1. The van der Waals surface area contributed by atoms with Gasteiger partial charge in [0.2, 0.25) is 5.91 Å². The van der Waals surface area contributed by atoms with E-state index in [4.69, 9.17) is 5.11 Å². The van der Waals surface area contributed by atoms with Gasteiger partial charge in [0.15, 0.2) is 5.78 Å². The molecular formula is C15H20N2O4. The van der Waals surface area contributed by atoms with E-state index in [2.05, 4.69) is 10.6 Å². The predicted octanol–water partition coefficient (Wildman–Crippen LogP) is 0.747. The Balaban J connectivity index is 2.67. The second kappa shape index (κ2) is 8.16. The average Bonchev–Trinajstić information content (AvgIpc) is 2.41. The summed E-state index contributed by atoms with van der Waals surface area (Å²) in [5, 5.41) is 14.4. The molecule has 0 saturated heterocycles. The zero-order valence-electron chi connectivity index (χ0n) is 12.2. The Kier molecular flexibility index (Phi) is 6.55. The standard InChI is InChI=1S/C15H20N2O4/c1-10-3-5-12(6-4-10)15(21)13(9-14(19)20)17-8-7-16-11(2)18/h3-6,13,17H,7-9H2,1-2H3,(H,16,18)(H,19,20). The normalized spacial score (nSPS) is 11.7. The van der Waals surface area contributed by atoms with Gasteiger partial charge in [0.25, 0.3) is 0 Å². The van der Waals surface area contributed by atoms with Crippen molar-refractivity contribution in [3.8, 4) is 0 Å². The predicted molar refractivity (Wildman–Crippen MR) is 78.2 cm³/mol. The molecule has 1 aromatic rings. The Hall–Kier alpha value is -2.21. The van der Waals surface area contributed by atoms with Gasteiger partial charge in [-0.1, -0.05) is 29.8 Å². The van der Waals surface area contributed by atoms with Gasteiger partial charge in [-0.3, -0.25) is 14.4 Å². The van der Waals surface area contributed by atoms with Crippen LogP contribution in [-0.4, -0.2) is 41.9 Å². The summed E-state index contributed by atoms with van der Waals surface area (Å²) in [4.78, 5) is 33.9. The van der Waals surface area contributed by atoms with Crippen molar-refractivity contribution >= 4 is 17.7 Å². The maximum absolute atomic E-state index is 12.3. The third-order valence-electron chi connectivity index (χ3n) is 2.92. The van der Waals surface area contributed by atoms with E-state index in [0.29, 0.717) is 18.7 Å². The summed E-state index contributed by atoms with van der Waals surface area (Å²) in [5.41, 5.74) is 1.50. The minimum absolute atomic E-state index is 0.170. The van der Waals surface area contributed by atoms with Crippen LogP contribution in [0.4, 0.5) is 0 Å². The maximum atomic E-state index is 12.3. The zero-order valence-corrected chi connectivity index (χ0v) is 12.2. The Morgan fingerprint density at radius 1 is 1.14 bits per heavy atom. The number of carbonyl (C=O) groups excluding carboxylic acids is 2. The summed E-state index contributed by atoms with van der Waals surface area (Å²) in [6.07, 6.45) is -0.299. The van der Waals surface area contributed by atoms with Crippen molar-refractivity contribution in [1.29, 1.82) is 0 Å². The third kappa shape index (κ3) is 6.18. The number of ketones is 1. The smallest absolute Gasteiger partial charge is 0.305 e. The summed E-state index contributed by atoms with van der Waals surface area (Å²) in [6.45, 7) is 3.97. The van der Waals surface area contributed by atoms with E-state index in [1.165, 1.54) is 6.92 Å². The van der Waals surface area contributed by atoms with Crippen LogP contribution in [0.5, 0.6) is 0 Å². The first-order valence-electron chi connectivity index (χ1n) is 6.70. The van der Waals surface area contributed by atoms with Crippen LogP contribution >= 0.6 is 0 Å². The minimum Gasteiger partial charge on any atom is -0.481 e. The van der Waals surface area contributed by atoms with Gasteiger partial charge < -0.3 is 15.7 Å². The molecule has 0 aliphatic carbocycles. The summed E-state index contributed by atoms with van der Waals surface area (Å²) in [6, 6.07) is 6.17. The van der Waals surface area contributed by atoms with E-state index in [-0.39, 0.29) is 18.1 Å². The number of carboxylic acids is 1. The number of aliphatic carboxylic acids is 1. The molecule has 1 rings (SSSR count). The molecule has 0 spiro atoms. The van der Waals surface area contributed by atoms with E-state index < -0.39 is 12.0 Å². The van der Waals surface area contributed by atoms with Crippen molar-refractivity contribution in [3.05, 3.63) is 35.4 Å². The van der Waals surface area contributed by atoms with E-state index in [1.54, 1.807) is 12.1 Å². The van der Waals surface area contributed by atoms with Crippen LogP contribution in [0.1, 0.15) is 29.3 Å². The lowest BCUT2D eigenvalue weighted by Gasteiger charge is -2.16. The fourth-order valence-corrected chi connectivity index (χ4v) is 1.84. The van der Waals surface area contributed by atoms with Gasteiger partial charge in [0.05, 0.1) is 12.5 Å². The van der Waals surface area contributed by atoms with Crippen molar-refractivity contribution in [2.45, 2.75) is 26.3 Å². The molecule has 0 aliphatic rings.